The fourth-order valence-corrected chi connectivity index (χ4v) is 1.57. The predicted molar refractivity (Wildman–Crippen MR) is 71.6 cm³/mol. The average Bonchev–Trinajstić information content (AvgIpc) is 2.28. The monoisotopic (exact) mass is 256 g/mol. The highest BCUT2D eigenvalue weighted by atomic mass is 35.5. The van der Waals surface area contributed by atoms with E-state index in [0.29, 0.717) is 23.4 Å². The molecule has 0 saturated carbocycles. The summed E-state index contributed by atoms with van der Waals surface area (Å²) >= 11 is 6.11. The van der Waals surface area contributed by atoms with Gasteiger partial charge in [-0.3, -0.25) is 0 Å². The fourth-order valence-electron chi connectivity index (χ4n) is 1.32. The van der Waals surface area contributed by atoms with Gasteiger partial charge < -0.3 is 10.1 Å². The van der Waals surface area contributed by atoms with E-state index in [1.54, 1.807) is 0 Å². The third-order valence-electron chi connectivity index (χ3n) is 2.17. The van der Waals surface area contributed by atoms with Gasteiger partial charge in [-0.25, -0.2) is 4.98 Å². The second-order valence-corrected chi connectivity index (χ2v) is 4.92. The molecule has 1 rings (SSSR count). The van der Waals surface area contributed by atoms with Gasteiger partial charge in [0.1, 0.15) is 5.02 Å². The van der Waals surface area contributed by atoms with Crippen LogP contribution in [0, 0.1) is 5.92 Å². The predicted octanol–water partition coefficient (Wildman–Crippen LogP) is 3.27. The molecule has 0 fully saturated rings. The Hall–Kier alpha value is -0.800. The van der Waals surface area contributed by atoms with E-state index < -0.39 is 0 Å². The lowest BCUT2D eigenvalue weighted by Crippen LogP contribution is -2.14. The van der Waals surface area contributed by atoms with E-state index in [0.717, 1.165) is 25.1 Å². The first-order valence-electron chi connectivity index (χ1n) is 6.11. The van der Waals surface area contributed by atoms with E-state index >= 15 is 0 Å². The molecule has 1 heterocycles. The van der Waals surface area contributed by atoms with Crippen LogP contribution < -0.4 is 10.1 Å². The summed E-state index contributed by atoms with van der Waals surface area (Å²) in [4.78, 5) is 4.23. The smallest absolute Gasteiger partial charge is 0.232 e. The number of pyridine rings is 1. The van der Waals surface area contributed by atoms with Crippen LogP contribution in [0.4, 0.5) is 0 Å². The second kappa shape index (κ2) is 7.51. The molecule has 0 amide bonds. The highest BCUT2D eigenvalue weighted by molar-refractivity contribution is 6.31. The molecule has 3 nitrogen and oxygen atoms in total. The number of hydrogen-bond acceptors (Lipinski definition) is 3. The molecule has 0 aliphatic rings. The van der Waals surface area contributed by atoms with Crippen molar-refractivity contribution >= 4 is 11.6 Å². The number of rotatable bonds is 7. The average molecular weight is 257 g/mol. The Bertz CT molecular complexity index is 342. The Morgan fingerprint density at radius 3 is 2.82 bits per heavy atom. The van der Waals surface area contributed by atoms with Gasteiger partial charge in [-0.2, -0.15) is 0 Å². The zero-order valence-electron chi connectivity index (χ0n) is 10.8. The minimum absolute atomic E-state index is 0.471. The first-order valence-corrected chi connectivity index (χ1v) is 6.49. The van der Waals surface area contributed by atoms with E-state index in [4.69, 9.17) is 16.3 Å². The zero-order chi connectivity index (χ0) is 12.7. The largest absolute Gasteiger partial charge is 0.476 e. The quantitative estimate of drug-likeness (QED) is 0.761. The molecule has 0 bridgehead atoms. The molecule has 0 aliphatic carbocycles. The lowest BCUT2D eigenvalue weighted by molar-refractivity contribution is 0.261. The van der Waals surface area contributed by atoms with E-state index in [2.05, 4.69) is 31.1 Å². The summed E-state index contributed by atoms with van der Waals surface area (Å²) in [5.74, 6) is 0.998. The van der Waals surface area contributed by atoms with Crippen LogP contribution in [0.15, 0.2) is 12.3 Å². The number of nitrogens with zero attached hydrogens (tertiary/aromatic N) is 1. The number of nitrogens with one attached hydrogen (secondary N) is 1. The number of ether oxygens (including phenoxy) is 1. The van der Waals surface area contributed by atoms with Gasteiger partial charge in [0, 0.05) is 12.7 Å². The minimum Gasteiger partial charge on any atom is -0.476 e. The molecule has 96 valence electrons. The summed E-state index contributed by atoms with van der Waals surface area (Å²) in [6.07, 6.45) is 2.93. The van der Waals surface area contributed by atoms with Crippen LogP contribution in [-0.2, 0) is 6.54 Å². The van der Waals surface area contributed by atoms with Gasteiger partial charge in [0.2, 0.25) is 5.88 Å². The molecule has 0 aliphatic heterocycles. The van der Waals surface area contributed by atoms with Crippen molar-refractivity contribution in [1.29, 1.82) is 0 Å². The summed E-state index contributed by atoms with van der Waals surface area (Å²) in [5.41, 5.74) is 1.08. The van der Waals surface area contributed by atoms with Gasteiger partial charge >= 0.3 is 0 Å². The Labute approximate surface area is 109 Å². The topological polar surface area (TPSA) is 34.2 Å². The zero-order valence-corrected chi connectivity index (χ0v) is 11.5. The molecule has 0 radical (unpaired) electrons. The Kier molecular flexibility index (Phi) is 6.30. The Morgan fingerprint density at radius 1 is 1.47 bits per heavy atom. The molecule has 1 aromatic rings. The first kappa shape index (κ1) is 14.3. The van der Waals surface area contributed by atoms with Crippen molar-refractivity contribution in [2.45, 2.75) is 33.7 Å². The Balaban J connectivity index is 2.53. The van der Waals surface area contributed by atoms with Gasteiger partial charge in [-0.1, -0.05) is 32.4 Å². The highest BCUT2D eigenvalue weighted by Crippen LogP contribution is 2.22. The fraction of sp³-hybridized carbons (Fsp3) is 0.615. The van der Waals surface area contributed by atoms with Crippen LogP contribution in [0.1, 0.15) is 32.8 Å². The molecule has 0 unspecified atom stereocenters. The van der Waals surface area contributed by atoms with Gasteiger partial charge in [0.15, 0.2) is 0 Å². The SMILES string of the molecule is CCCNCc1cnc(OCC(C)C)c(Cl)c1. The van der Waals surface area contributed by atoms with Crippen molar-refractivity contribution in [2.75, 3.05) is 13.2 Å². The maximum atomic E-state index is 6.11. The van der Waals surface area contributed by atoms with Crippen molar-refractivity contribution in [3.63, 3.8) is 0 Å². The highest BCUT2D eigenvalue weighted by Gasteiger charge is 2.05. The van der Waals surface area contributed by atoms with Crippen LogP contribution in [0.2, 0.25) is 5.02 Å². The Morgan fingerprint density at radius 2 is 2.24 bits per heavy atom. The van der Waals surface area contributed by atoms with Crippen LogP contribution in [0.5, 0.6) is 5.88 Å². The van der Waals surface area contributed by atoms with Crippen molar-refractivity contribution in [2.24, 2.45) is 5.92 Å². The van der Waals surface area contributed by atoms with E-state index in [-0.39, 0.29) is 0 Å². The van der Waals surface area contributed by atoms with E-state index in [9.17, 15) is 0 Å². The molecular formula is C13H21ClN2O. The van der Waals surface area contributed by atoms with Gasteiger partial charge in [-0.05, 0) is 30.5 Å². The second-order valence-electron chi connectivity index (χ2n) is 4.51. The van der Waals surface area contributed by atoms with Crippen molar-refractivity contribution in [1.82, 2.24) is 10.3 Å². The maximum Gasteiger partial charge on any atom is 0.232 e. The third-order valence-corrected chi connectivity index (χ3v) is 2.44. The lowest BCUT2D eigenvalue weighted by Gasteiger charge is -2.10. The molecule has 1 N–H and O–H groups in total. The summed E-state index contributed by atoms with van der Waals surface area (Å²) in [5, 5.41) is 3.89. The molecule has 0 spiro atoms. The number of aromatic nitrogens is 1. The number of hydrogen-bond donors (Lipinski definition) is 1. The summed E-state index contributed by atoms with van der Waals surface area (Å²) in [6.45, 7) is 8.77. The van der Waals surface area contributed by atoms with Crippen LogP contribution in [-0.4, -0.2) is 18.1 Å². The van der Waals surface area contributed by atoms with Gasteiger partial charge in [0.05, 0.1) is 6.61 Å². The molecule has 0 atom stereocenters. The summed E-state index contributed by atoms with van der Waals surface area (Å²) in [6, 6.07) is 1.91. The standard InChI is InChI=1S/C13H21ClN2O/c1-4-5-15-7-11-6-12(14)13(16-8-11)17-9-10(2)3/h6,8,10,15H,4-5,7,9H2,1-3H3. The van der Waals surface area contributed by atoms with E-state index in [1.807, 2.05) is 12.3 Å². The first-order chi connectivity index (χ1) is 8.13. The molecule has 0 aromatic carbocycles. The third kappa shape index (κ3) is 5.37. The maximum absolute atomic E-state index is 6.11. The molecule has 0 saturated heterocycles. The van der Waals surface area contributed by atoms with Gasteiger partial charge in [-0.15, -0.1) is 0 Å². The molecule has 4 heteroatoms. The van der Waals surface area contributed by atoms with Crippen LogP contribution in [0.25, 0.3) is 0 Å². The van der Waals surface area contributed by atoms with Crippen molar-refractivity contribution in [3.05, 3.63) is 22.8 Å². The van der Waals surface area contributed by atoms with Crippen molar-refractivity contribution < 1.29 is 4.74 Å². The minimum atomic E-state index is 0.471. The van der Waals surface area contributed by atoms with Gasteiger partial charge in [0.25, 0.3) is 0 Å². The number of halogens is 1. The molecule has 17 heavy (non-hydrogen) atoms. The van der Waals surface area contributed by atoms with Crippen LogP contribution in [0.3, 0.4) is 0 Å². The van der Waals surface area contributed by atoms with Crippen LogP contribution >= 0.6 is 11.6 Å². The summed E-state index contributed by atoms with van der Waals surface area (Å²) in [7, 11) is 0. The lowest BCUT2D eigenvalue weighted by atomic mass is 10.2. The summed E-state index contributed by atoms with van der Waals surface area (Å²) < 4.78 is 5.52. The molecular weight excluding hydrogens is 236 g/mol. The van der Waals surface area contributed by atoms with Crippen molar-refractivity contribution in [3.8, 4) is 5.88 Å². The molecule has 1 aromatic heterocycles. The van der Waals surface area contributed by atoms with E-state index in [1.165, 1.54) is 0 Å². The normalized spacial score (nSPS) is 10.9.